The fourth-order valence-electron chi connectivity index (χ4n) is 1.73. The average molecular weight is 308 g/mol. The molecule has 0 fully saturated rings. The van der Waals surface area contributed by atoms with Gasteiger partial charge in [0.2, 0.25) is 0 Å². The number of benzene rings is 1. The number of ether oxygens (including phenoxy) is 2. The Labute approximate surface area is 126 Å². The molecule has 1 aromatic carbocycles. The number of carbonyl (C=O) groups excluding carboxylic acids is 1. The molecule has 0 unspecified atom stereocenters. The maximum atomic E-state index is 12.3. The first-order chi connectivity index (χ1) is 10.0. The summed E-state index contributed by atoms with van der Waals surface area (Å²) in [6.07, 6.45) is 1.49. The molecule has 0 atom stereocenters. The van der Waals surface area contributed by atoms with Crippen LogP contribution in [0.1, 0.15) is 10.4 Å². The lowest BCUT2D eigenvalue weighted by Gasteiger charge is -2.12. The Morgan fingerprint density at radius 3 is 2.67 bits per heavy atom. The average Bonchev–Trinajstić information content (AvgIpc) is 2.47. The van der Waals surface area contributed by atoms with Crippen molar-refractivity contribution in [3.63, 3.8) is 0 Å². The standard InChI is InChI=1S/C14H14ClN3O3/c1-20-9-6-10(13(16)11(7-9)21-2)14(19)18-12-5-8(15)3-4-17-12/h3-7H,16H2,1-2H3,(H,17,18,19). The first-order valence-electron chi connectivity index (χ1n) is 5.99. The number of hydrogen-bond donors (Lipinski definition) is 2. The third-order valence-electron chi connectivity index (χ3n) is 2.78. The number of methoxy groups -OCH3 is 2. The predicted molar refractivity (Wildman–Crippen MR) is 81.2 cm³/mol. The van der Waals surface area contributed by atoms with Crippen molar-refractivity contribution >= 4 is 29.0 Å². The first kappa shape index (κ1) is 14.9. The normalized spacial score (nSPS) is 10.0. The second kappa shape index (κ2) is 6.32. The molecule has 3 N–H and O–H groups in total. The molecule has 6 nitrogen and oxygen atoms in total. The molecule has 0 bridgehead atoms. The number of anilines is 2. The minimum absolute atomic E-state index is 0.220. The summed E-state index contributed by atoms with van der Waals surface area (Å²) in [5.74, 6) is 0.719. The van der Waals surface area contributed by atoms with E-state index in [0.29, 0.717) is 22.3 Å². The molecule has 0 saturated carbocycles. The van der Waals surface area contributed by atoms with Gasteiger partial charge in [0.1, 0.15) is 17.3 Å². The van der Waals surface area contributed by atoms with Gasteiger partial charge in [0.05, 0.1) is 25.5 Å². The van der Waals surface area contributed by atoms with Crippen LogP contribution >= 0.6 is 11.6 Å². The SMILES string of the molecule is COc1cc(OC)c(N)c(C(=O)Nc2cc(Cl)ccn2)c1. The summed E-state index contributed by atoms with van der Waals surface area (Å²) in [7, 11) is 2.95. The van der Waals surface area contributed by atoms with Gasteiger partial charge < -0.3 is 20.5 Å². The lowest BCUT2D eigenvalue weighted by Crippen LogP contribution is -2.15. The van der Waals surface area contributed by atoms with Crippen molar-refractivity contribution in [2.75, 3.05) is 25.3 Å². The van der Waals surface area contributed by atoms with E-state index < -0.39 is 5.91 Å². The highest BCUT2D eigenvalue weighted by Crippen LogP contribution is 2.31. The Balaban J connectivity index is 2.34. The van der Waals surface area contributed by atoms with Crippen LogP contribution in [0.25, 0.3) is 0 Å². The van der Waals surface area contributed by atoms with Gasteiger partial charge in [-0.05, 0) is 18.2 Å². The summed E-state index contributed by atoms with van der Waals surface area (Å²) in [6, 6.07) is 6.27. The highest BCUT2D eigenvalue weighted by atomic mass is 35.5. The number of halogens is 1. The number of nitrogens with zero attached hydrogens (tertiary/aromatic N) is 1. The lowest BCUT2D eigenvalue weighted by molar-refractivity contribution is 0.102. The topological polar surface area (TPSA) is 86.5 Å². The Bertz CT molecular complexity index is 677. The Hall–Kier alpha value is -2.47. The van der Waals surface area contributed by atoms with E-state index in [2.05, 4.69) is 10.3 Å². The van der Waals surface area contributed by atoms with E-state index in [1.807, 2.05) is 0 Å². The van der Waals surface area contributed by atoms with E-state index in [0.717, 1.165) is 0 Å². The van der Waals surface area contributed by atoms with E-state index in [4.69, 9.17) is 26.8 Å². The van der Waals surface area contributed by atoms with E-state index in [9.17, 15) is 4.79 Å². The highest BCUT2D eigenvalue weighted by molar-refractivity contribution is 6.30. The zero-order chi connectivity index (χ0) is 15.4. The number of nitrogens with two attached hydrogens (primary N) is 1. The number of aromatic nitrogens is 1. The van der Waals surface area contributed by atoms with Crippen LogP contribution in [0.15, 0.2) is 30.5 Å². The van der Waals surface area contributed by atoms with Gasteiger partial charge in [0, 0.05) is 17.3 Å². The van der Waals surface area contributed by atoms with Crippen LogP contribution in [0.2, 0.25) is 5.02 Å². The van der Waals surface area contributed by atoms with Gasteiger partial charge in [-0.3, -0.25) is 4.79 Å². The summed E-state index contributed by atoms with van der Waals surface area (Å²) in [4.78, 5) is 16.3. The second-order valence-corrected chi connectivity index (χ2v) is 4.54. The quantitative estimate of drug-likeness (QED) is 0.848. The molecule has 0 saturated heterocycles. The van der Waals surface area contributed by atoms with E-state index >= 15 is 0 Å². The lowest BCUT2D eigenvalue weighted by atomic mass is 10.1. The monoisotopic (exact) mass is 307 g/mol. The summed E-state index contributed by atoms with van der Waals surface area (Å²) >= 11 is 5.84. The fourth-order valence-corrected chi connectivity index (χ4v) is 1.89. The molecule has 21 heavy (non-hydrogen) atoms. The summed E-state index contributed by atoms with van der Waals surface area (Å²) in [6.45, 7) is 0. The van der Waals surface area contributed by atoms with Crippen LogP contribution in [0, 0.1) is 0 Å². The van der Waals surface area contributed by atoms with Gasteiger partial charge in [-0.2, -0.15) is 0 Å². The summed E-state index contributed by atoms with van der Waals surface area (Å²) in [5.41, 5.74) is 6.36. The molecule has 110 valence electrons. The van der Waals surface area contributed by atoms with Gasteiger partial charge in [0.15, 0.2) is 0 Å². The minimum atomic E-state index is -0.431. The number of hydrogen-bond acceptors (Lipinski definition) is 5. The molecule has 1 aromatic heterocycles. The molecule has 0 aliphatic rings. The van der Waals surface area contributed by atoms with Crippen LogP contribution in [0.3, 0.4) is 0 Å². The molecule has 2 rings (SSSR count). The molecular weight excluding hydrogens is 294 g/mol. The van der Waals surface area contributed by atoms with Gasteiger partial charge in [-0.1, -0.05) is 11.6 Å². The number of rotatable bonds is 4. The van der Waals surface area contributed by atoms with Crippen molar-refractivity contribution in [2.45, 2.75) is 0 Å². The van der Waals surface area contributed by atoms with Gasteiger partial charge in [-0.25, -0.2) is 4.98 Å². The van der Waals surface area contributed by atoms with Crippen molar-refractivity contribution in [2.24, 2.45) is 0 Å². The van der Waals surface area contributed by atoms with Crippen molar-refractivity contribution in [3.8, 4) is 11.5 Å². The van der Waals surface area contributed by atoms with Crippen LogP contribution in [0.4, 0.5) is 11.5 Å². The van der Waals surface area contributed by atoms with Crippen LogP contribution in [-0.2, 0) is 0 Å². The molecule has 0 radical (unpaired) electrons. The number of nitrogens with one attached hydrogen (secondary N) is 1. The van der Waals surface area contributed by atoms with Crippen molar-refractivity contribution in [1.29, 1.82) is 0 Å². The van der Waals surface area contributed by atoms with E-state index in [-0.39, 0.29) is 11.3 Å². The maximum Gasteiger partial charge on any atom is 0.259 e. The number of pyridine rings is 1. The van der Waals surface area contributed by atoms with Crippen molar-refractivity contribution < 1.29 is 14.3 Å². The Morgan fingerprint density at radius 2 is 2.05 bits per heavy atom. The van der Waals surface area contributed by atoms with Crippen LogP contribution < -0.4 is 20.5 Å². The van der Waals surface area contributed by atoms with E-state index in [1.54, 1.807) is 12.1 Å². The molecule has 2 aromatic rings. The number of nitrogen functional groups attached to an aromatic ring is 1. The Morgan fingerprint density at radius 1 is 1.29 bits per heavy atom. The van der Waals surface area contributed by atoms with Gasteiger partial charge >= 0.3 is 0 Å². The molecule has 0 aliphatic carbocycles. The molecule has 0 aliphatic heterocycles. The molecule has 7 heteroatoms. The number of carbonyl (C=O) groups is 1. The van der Waals surface area contributed by atoms with Crippen molar-refractivity contribution in [1.82, 2.24) is 4.98 Å². The smallest absolute Gasteiger partial charge is 0.259 e. The summed E-state index contributed by atoms with van der Waals surface area (Å²) in [5, 5.41) is 3.09. The zero-order valence-electron chi connectivity index (χ0n) is 11.5. The molecular formula is C14H14ClN3O3. The predicted octanol–water partition coefficient (Wildman–Crippen LogP) is 2.59. The third-order valence-corrected chi connectivity index (χ3v) is 3.01. The maximum absolute atomic E-state index is 12.3. The van der Waals surface area contributed by atoms with E-state index in [1.165, 1.54) is 32.5 Å². The third kappa shape index (κ3) is 3.35. The molecule has 1 amide bonds. The summed E-state index contributed by atoms with van der Waals surface area (Å²) < 4.78 is 10.2. The zero-order valence-corrected chi connectivity index (χ0v) is 12.3. The highest BCUT2D eigenvalue weighted by Gasteiger charge is 2.16. The van der Waals surface area contributed by atoms with Crippen molar-refractivity contribution in [3.05, 3.63) is 41.0 Å². The largest absolute Gasteiger partial charge is 0.497 e. The molecule has 0 spiro atoms. The molecule has 1 heterocycles. The van der Waals surface area contributed by atoms with Crippen LogP contribution in [-0.4, -0.2) is 25.1 Å². The van der Waals surface area contributed by atoms with Crippen LogP contribution in [0.5, 0.6) is 11.5 Å². The fraction of sp³-hybridized carbons (Fsp3) is 0.143. The number of amides is 1. The Kier molecular flexibility index (Phi) is 4.49. The minimum Gasteiger partial charge on any atom is -0.497 e. The first-order valence-corrected chi connectivity index (χ1v) is 6.37. The second-order valence-electron chi connectivity index (χ2n) is 4.10. The van der Waals surface area contributed by atoms with Gasteiger partial charge in [-0.15, -0.1) is 0 Å². The van der Waals surface area contributed by atoms with Gasteiger partial charge in [0.25, 0.3) is 5.91 Å².